The molecule has 2 aliphatic carbocycles. The maximum atomic E-state index is 5.76. The van der Waals surface area contributed by atoms with Crippen LogP contribution in [0.1, 0.15) is 25.7 Å². The molecule has 0 saturated heterocycles. The van der Waals surface area contributed by atoms with E-state index < -0.39 is 0 Å². The van der Waals surface area contributed by atoms with E-state index in [9.17, 15) is 0 Å². The highest BCUT2D eigenvalue weighted by Crippen LogP contribution is 2.51. The summed E-state index contributed by atoms with van der Waals surface area (Å²) in [7, 11) is 0. The fourth-order valence-corrected chi connectivity index (χ4v) is 2.97. The van der Waals surface area contributed by atoms with Gasteiger partial charge >= 0.3 is 0 Å². The van der Waals surface area contributed by atoms with Gasteiger partial charge in [0, 0.05) is 0 Å². The predicted octanol–water partition coefficient (Wildman–Crippen LogP) is 3.50. The molecule has 0 aliphatic heterocycles. The standard InChI is InChI=1S/C8H10Cl2/c9-8(10)7-5-1-2-6(7)4-3-5/h5-6H,1-4H2. The molecule has 0 amide bonds. The highest BCUT2D eigenvalue weighted by Gasteiger charge is 2.37. The van der Waals surface area contributed by atoms with E-state index in [0.29, 0.717) is 4.49 Å². The maximum Gasteiger partial charge on any atom is 0.106 e. The van der Waals surface area contributed by atoms with Gasteiger partial charge in [-0.2, -0.15) is 0 Å². The number of hydrogen-bond donors (Lipinski definition) is 0. The molecule has 2 bridgehead atoms. The lowest BCUT2D eigenvalue weighted by molar-refractivity contribution is 0.480. The molecule has 56 valence electrons. The van der Waals surface area contributed by atoms with Crippen LogP contribution >= 0.6 is 23.2 Å². The second kappa shape index (κ2) is 2.42. The molecule has 0 aromatic rings. The second-order valence-electron chi connectivity index (χ2n) is 3.26. The quantitative estimate of drug-likeness (QED) is 0.531. The van der Waals surface area contributed by atoms with E-state index in [1.54, 1.807) is 0 Å². The van der Waals surface area contributed by atoms with Crippen molar-refractivity contribution < 1.29 is 0 Å². The van der Waals surface area contributed by atoms with Gasteiger partial charge in [0.2, 0.25) is 0 Å². The van der Waals surface area contributed by atoms with Crippen molar-refractivity contribution in [3.05, 3.63) is 10.1 Å². The zero-order valence-corrected chi connectivity index (χ0v) is 7.25. The molecule has 2 aliphatic rings. The summed E-state index contributed by atoms with van der Waals surface area (Å²) in [5.74, 6) is 1.49. The third-order valence-electron chi connectivity index (χ3n) is 2.83. The first kappa shape index (κ1) is 7.00. The predicted molar refractivity (Wildman–Crippen MR) is 44.2 cm³/mol. The molecule has 0 aromatic carbocycles. The van der Waals surface area contributed by atoms with E-state index in [4.69, 9.17) is 23.2 Å². The van der Waals surface area contributed by atoms with Gasteiger partial charge in [0.25, 0.3) is 0 Å². The highest BCUT2D eigenvalue weighted by molar-refractivity contribution is 6.56. The molecule has 0 spiro atoms. The molecule has 0 radical (unpaired) electrons. The van der Waals surface area contributed by atoms with Crippen LogP contribution in [-0.2, 0) is 0 Å². The summed E-state index contributed by atoms with van der Waals surface area (Å²) in [6.45, 7) is 0. The van der Waals surface area contributed by atoms with Crippen LogP contribution < -0.4 is 0 Å². The van der Waals surface area contributed by atoms with Crippen molar-refractivity contribution in [2.45, 2.75) is 25.7 Å². The largest absolute Gasteiger partial charge is 0.106 e. The van der Waals surface area contributed by atoms with Gasteiger partial charge in [-0.05, 0) is 43.1 Å². The first-order valence-electron chi connectivity index (χ1n) is 3.84. The van der Waals surface area contributed by atoms with Crippen molar-refractivity contribution in [1.29, 1.82) is 0 Å². The Morgan fingerprint density at radius 2 is 1.40 bits per heavy atom. The van der Waals surface area contributed by atoms with Crippen LogP contribution in [0.4, 0.5) is 0 Å². The number of hydrogen-bond acceptors (Lipinski definition) is 0. The lowest BCUT2D eigenvalue weighted by Crippen LogP contribution is -1.90. The summed E-state index contributed by atoms with van der Waals surface area (Å²) in [5.41, 5.74) is 1.36. The van der Waals surface area contributed by atoms with Crippen LogP contribution in [0.25, 0.3) is 0 Å². The van der Waals surface area contributed by atoms with E-state index in [0.717, 1.165) is 11.8 Å². The minimum absolute atomic E-state index is 0.560. The highest BCUT2D eigenvalue weighted by atomic mass is 35.5. The molecule has 0 N–H and O–H groups in total. The van der Waals surface area contributed by atoms with Gasteiger partial charge in [-0.15, -0.1) is 0 Å². The smallest absolute Gasteiger partial charge is 0.0709 e. The molecule has 0 nitrogen and oxygen atoms in total. The van der Waals surface area contributed by atoms with Gasteiger partial charge in [0.05, 0.1) is 0 Å². The molecule has 2 rings (SSSR count). The third kappa shape index (κ3) is 0.895. The first-order valence-corrected chi connectivity index (χ1v) is 4.59. The fourth-order valence-electron chi connectivity index (χ4n) is 2.36. The molecule has 2 saturated carbocycles. The van der Waals surface area contributed by atoms with Gasteiger partial charge in [-0.25, -0.2) is 0 Å². The van der Waals surface area contributed by atoms with Crippen molar-refractivity contribution in [2.75, 3.05) is 0 Å². The summed E-state index contributed by atoms with van der Waals surface area (Å²) < 4.78 is 0.560. The lowest BCUT2D eigenvalue weighted by Gasteiger charge is -2.04. The minimum atomic E-state index is 0.560. The Balaban J connectivity index is 2.33. The molecule has 0 unspecified atom stereocenters. The topological polar surface area (TPSA) is 0 Å². The molecule has 10 heavy (non-hydrogen) atoms. The number of allylic oxidation sites excluding steroid dienone is 1. The maximum absolute atomic E-state index is 5.76. The SMILES string of the molecule is ClC(Cl)=C1C2CCC1CC2. The van der Waals surface area contributed by atoms with Crippen LogP contribution in [0.3, 0.4) is 0 Å². The van der Waals surface area contributed by atoms with Crippen LogP contribution in [-0.4, -0.2) is 0 Å². The van der Waals surface area contributed by atoms with E-state index in [-0.39, 0.29) is 0 Å². The Labute approximate surface area is 71.2 Å². The molecule has 0 aromatic heterocycles. The third-order valence-corrected chi connectivity index (χ3v) is 3.26. The molecule has 0 heterocycles. The van der Waals surface area contributed by atoms with Crippen molar-refractivity contribution in [1.82, 2.24) is 0 Å². The zero-order valence-electron chi connectivity index (χ0n) is 5.74. The van der Waals surface area contributed by atoms with Crippen molar-refractivity contribution in [2.24, 2.45) is 11.8 Å². The van der Waals surface area contributed by atoms with Crippen molar-refractivity contribution >= 4 is 23.2 Å². The summed E-state index contributed by atoms with van der Waals surface area (Å²) in [4.78, 5) is 0. The Morgan fingerprint density at radius 3 is 1.60 bits per heavy atom. The molecular weight excluding hydrogens is 167 g/mol. The van der Waals surface area contributed by atoms with E-state index in [1.165, 1.54) is 31.3 Å². The van der Waals surface area contributed by atoms with Gasteiger partial charge in [0.15, 0.2) is 0 Å². The van der Waals surface area contributed by atoms with Gasteiger partial charge in [0.1, 0.15) is 4.49 Å². The second-order valence-corrected chi connectivity index (χ2v) is 4.21. The summed E-state index contributed by atoms with van der Waals surface area (Å²) in [5, 5.41) is 0. The average molecular weight is 177 g/mol. The fraction of sp³-hybridized carbons (Fsp3) is 0.750. The number of halogens is 2. The normalized spacial score (nSPS) is 37.2. The molecule has 0 atom stereocenters. The van der Waals surface area contributed by atoms with Gasteiger partial charge in [-0.1, -0.05) is 23.2 Å². The number of rotatable bonds is 0. The Kier molecular flexibility index (Phi) is 1.69. The van der Waals surface area contributed by atoms with Gasteiger partial charge in [-0.3, -0.25) is 0 Å². The molecule has 2 heteroatoms. The Bertz CT molecular complexity index is 158. The van der Waals surface area contributed by atoms with E-state index in [1.807, 2.05) is 0 Å². The number of fused-ring (bicyclic) bond motifs is 2. The monoisotopic (exact) mass is 176 g/mol. The van der Waals surface area contributed by atoms with Crippen molar-refractivity contribution in [3.8, 4) is 0 Å². The van der Waals surface area contributed by atoms with Crippen LogP contribution in [0.15, 0.2) is 10.1 Å². The van der Waals surface area contributed by atoms with E-state index in [2.05, 4.69) is 0 Å². The lowest BCUT2D eigenvalue weighted by atomic mass is 10.0. The summed E-state index contributed by atoms with van der Waals surface area (Å²) in [6, 6.07) is 0. The Hall–Kier alpha value is 0.320. The van der Waals surface area contributed by atoms with Crippen LogP contribution in [0, 0.1) is 11.8 Å². The Morgan fingerprint density at radius 1 is 1.00 bits per heavy atom. The van der Waals surface area contributed by atoms with E-state index >= 15 is 0 Å². The first-order chi connectivity index (χ1) is 4.79. The zero-order chi connectivity index (χ0) is 7.14. The van der Waals surface area contributed by atoms with Crippen LogP contribution in [0.2, 0.25) is 0 Å². The summed E-state index contributed by atoms with van der Waals surface area (Å²) >= 11 is 11.5. The van der Waals surface area contributed by atoms with Gasteiger partial charge < -0.3 is 0 Å². The summed E-state index contributed by atoms with van der Waals surface area (Å²) in [6.07, 6.45) is 5.29. The van der Waals surface area contributed by atoms with Crippen LogP contribution in [0.5, 0.6) is 0 Å². The van der Waals surface area contributed by atoms with Crippen molar-refractivity contribution in [3.63, 3.8) is 0 Å². The molecule has 2 fully saturated rings. The average Bonchev–Trinajstić information content (AvgIpc) is 2.43. The molecular formula is C8H10Cl2. The minimum Gasteiger partial charge on any atom is -0.0709 e.